The molecule has 0 radical (unpaired) electrons. The largest absolute Gasteiger partial charge is 0.437 e. The number of fused-ring (bicyclic) bond motifs is 2. The van der Waals surface area contributed by atoms with E-state index in [0.717, 1.165) is 18.4 Å². The zero-order valence-corrected chi connectivity index (χ0v) is 20.7. The van der Waals surface area contributed by atoms with E-state index in [-0.39, 0.29) is 17.6 Å². The molecule has 13 heteroatoms. The van der Waals surface area contributed by atoms with Gasteiger partial charge in [-0.05, 0) is 37.5 Å². The fraction of sp³-hybridized carbons (Fsp3) is 0.560. The lowest BCUT2D eigenvalue weighted by Crippen LogP contribution is -2.49. The number of anilines is 2. The Morgan fingerprint density at radius 3 is 2.58 bits per heavy atom. The summed E-state index contributed by atoms with van der Waals surface area (Å²) in [5.74, 6) is -1.54. The standard InChI is InChI=1S/C25H28F3N5O5/c1-13-2-4-14(5-3-13)19(32-21(34)15-12-38-33-20(15)25(26,27)28)22(35)31-18-10-17-16(11-29-18)24(23(36)30-17)6-8-37-9-7-24/h10-14,19H,2-9H2,1H3,(H,30,36)(H,32,34)(H,29,31,35). The zero-order valence-electron chi connectivity index (χ0n) is 20.7. The lowest BCUT2D eigenvalue weighted by molar-refractivity contribution is -0.143. The van der Waals surface area contributed by atoms with Gasteiger partial charge in [-0.2, -0.15) is 13.2 Å². The Kier molecular flexibility index (Phi) is 6.88. The second-order valence-corrected chi connectivity index (χ2v) is 10.3. The average Bonchev–Trinajstić information content (AvgIpc) is 3.48. The molecule has 0 aromatic carbocycles. The van der Waals surface area contributed by atoms with Gasteiger partial charge in [0.05, 0.1) is 11.1 Å². The van der Waals surface area contributed by atoms with E-state index in [0.29, 0.717) is 56.8 Å². The third-order valence-electron chi connectivity index (χ3n) is 7.88. The first-order valence-corrected chi connectivity index (χ1v) is 12.6. The third-order valence-corrected chi connectivity index (χ3v) is 7.88. The van der Waals surface area contributed by atoms with Crippen molar-refractivity contribution >= 4 is 29.2 Å². The van der Waals surface area contributed by atoms with E-state index >= 15 is 0 Å². The first-order chi connectivity index (χ1) is 18.1. The highest BCUT2D eigenvalue weighted by atomic mass is 19.4. The van der Waals surface area contributed by atoms with E-state index in [1.165, 1.54) is 0 Å². The number of amides is 3. The minimum atomic E-state index is -4.89. The van der Waals surface area contributed by atoms with Crippen LogP contribution in [-0.4, -0.2) is 47.1 Å². The lowest BCUT2D eigenvalue weighted by Gasteiger charge is -2.32. The Morgan fingerprint density at radius 1 is 1.18 bits per heavy atom. The average molecular weight is 536 g/mol. The Morgan fingerprint density at radius 2 is 1.89 bits per heavy atom. The molecule has 1 unspecified atom stereocenters. The van der Waals surface area contributed by atoms with Gasteiger partial charge in [-0.1, -0.05) is 24.9 Å². The topological polar surface area (TPSA) is 135 Å². The number of carbonyl (C=O) groups excluding carboxylic acids is 3. The number of hydrogen-bond acceptors (Lipinski definition) is 7. The molecule has 1 saturated heterocycles. The Hall–Kier alpha value is -3.48. The van der Waals surface area contributed by atoms with Crippen LogP contribution in [0.2, 0.25) is 0 Å². The number of pyridine rings is 1. The maximum absolute atomic E-state index is 13.4. The molecule has 3 N–H and O–H groups in total. The SMILES string of the molecule is CC1CCC(C(NC(=O)c2conc2C(F)(F)F)C(=O)Nc2cc3c(cn2)C2(CCOCC2)C(=O)N3)CC1. The smallest absolute Gasteiger partial charge is 0.381 e. The Bertz CT molecular complexity index is 1230. The molecule has 2 aliphatic heterocycles. The fourth-order valence-electron chi connectivity index (χ4n) is 5.63. The molecule has 5 rings (SSSR count). The highest BCUT2D eigenvalue weighted by molar-refractivity contribution is 6.07. The number of rotatable bonds is 5. The molecule has 4 heterocycles. The molecule has 1 atom stereocenters. The van der Waals surface area contributed by atoms with Gasteiger partial charge < -0.3 is 25.2 Å². The summed E-state index contributed by atoms with van der Waals surface area (Å²) in [6.07, 6.45) is 1.20. The van der Waals surface area contributed by atoms with Crippen LogP contribution in [0.3, 0.4) is 0 Å². The monoisotopic (exact) mass is 535 g/mol. The fourth-order valence-corrected chi connectivity index (χ4v) is 5.63. The molecular formula is C25H28F3N5O5. The minimum Gasteiger partial charge on any atom is -0.381 e. The van der Waals surface area contributed by atoms with Crippen molar-refractivity contribution in [3.8, 4) is 0 Å². The molecule has 0 bridgehead atoms. The number of hydrogen-bond donors (Lipinski definition) is 3. The van der Waals surface area contributed by atoms with E-state index in [4.69, 9.17) is 4.74 Å². The van der Waals surface area contributed by atoms with Gasteiger partial charge in [0, 0.05) is 31.0 Å². The molecule has 3 aliphatic rings. The van der Waals surface area contributed by atoms with Crippen molar-refractivity contribution in [2.45, 2.75) is 63.1 Å². The van der Waals surface area contributed by atoms with E-state index in [1.807, 2.05) is 0 Å². The van der Waals surface area contributed by atoms with Crippen molar-refractivity contribution in [2.24, 2.45) is 11.8 Å². The molecular weight excluding hydrogens is 507 g/mol. The van der Waals surface area contributed by atoms with Crippen LogP contribution in [0.25, 0.3) is 0 Å². The number of halogens is 3. The van der Waals surface area contributed by atoms with Crippen molar-refractivity contribution in [3.05, 3.63) is 35.3 Å². The van der Waals surface area contributed by atoms with Crippen molar-refractivity contribution < 1.29 is 36.8 Å². The Balaban J connectivity index is 1.36. The maximum Gasteiger partial charge on any atom is 0.437 e. The minimum absolute atomic E-state index is 0.142. The summed E-state index contributed by atoms with van der Waals surface area (Å²) in [6.45, 7) is 2.99. The first kappa shape index (κ1) is 26.1. The normalized spacial score (nSPS) is 23.4. The van der Waals surface area contributed by atoms with Crippen LogP contribution in [0.4, 0.5) is 24.7 Å². The Labute approximate surface area is 216 Å². The zero-order chi connectivity index (χ0) is 27.1. The summed E-state index contributed by atoms with van der Waals surface area (Å²) in [4.78, 5) is 43.4. The summed E-state index contributed by atoms with van der Waals surface area (Å²) in [5.41, 5.74) is -1.69. The second kappa shape index (κ2) is 10.0. The molecule has 2 aromatic heterocycles. The van der Waals surface area contributed by atoms with Crippen LogP contribution in [0.15, 0.2) is 23.0 Å². The van der Waals surface area contributed by atoms with Gasteiger partial charge in [0.25, 0.3) is 5.91 Å². The summed E-state index contributed by atoms with van der Waals surface area (Å²) < 4.78 is 49.6. The number of nitrogens with one attached hydrogen (secondary N) is 3. The van der Waals surface area contributed by atoms with Crippen LogP contribution in [0.5, 0.6) is 0 Å². The van der Waals surface area contributed by atoms with Gasteiger partial charge in [0.2, 0.25) is 11.8 Å². The summed E-state index contributed by atoms with van der Waals surface area (Å²) in [7, 11) is 0. The van der Waals surface area contributed by atoms with Crippen LogP contribution in [0.1, 0.15) is 67.1 Å². The van der Waals surface area contributed by atoms with Gasteiger partial charge in [-0.25, -0.2) is 4.98 Å². The van der Waals surface area contributed by atoms with Crippen molar-refractivity contribution in [1.29, 1.82) is 0 Å². The van der Waals surface area contributed by atoms with Gasteiger partial charge in [-0.3, -0.25) is 14.4 Å². The van der Waals surface area contributed by atoms with Crippen LogP contribution in [-0.2, 0) is 25.9 Å². The molecule has 1 spiro atoms. The predicted molar refractivity (Wildman–Crippen MR) is 127 cm³/mol. The number of aromatic nitrogens is 2. The van der Waals surface area contributed by atoms with Gasteiger partial charge in [0.15, 0.2) is 5.69 Å². The highest BCUT2D eigenvalue weighted by Gasteiger charge is 2.48. The quantitative estimate of drug-likeness (QED) is 0.532. The van der Waals surface area contributed by atoms with E-state index in [2.05, 4.69) is 37.5 Å². The van der Waals surface area contributed by atoms with Crippen LogP contribution >= 0.6 is 0 Å². The number of alkyl halides is 3. The second-order valence-electron chi connectivity index (χ2n) is 10.3. The molecule has 2 aromatic rings. The third kappa shape index (κ3) is 4.86. The van der Waals surface area contributed by atoms with Gasteiger partial charge in [0.1, 0.15) is 23.7 Å². The van der Waals surface area contributed by atoms with Crippen molar-refractivity contribution in [3.63, 3.8) is 0 Å². The highest BCUT2D eigenvalue weighted by Crippen LogP contribution is 2.44. The molecule has 10 nitrogen and oxygen atoms in total. The van der Waals surface area contributed by atoms with E-state index in [1.54, 1.807) is 12.3 Å². The molecule has 3 amide bonds. The molecule has 1 aliphatic carbocycles. The van der Waals surface area contributed by atoms with Crippen molar-refractivity contribution in [1.82, 2.24) is 15.5 Å². The molecule has 38 heavy (non-hydrogen) atoms. The summed E-state index contributed by atoms with van der Waals surface area (Å²) >= 11 is 0. The van der Waals surface area contributed by atoms with E-state index < -0.39 is 40.7 Å². The van der Waals surface area contributed by atoms with Crippen LogP contribution in [0, 0.1) is 11.8 Å². The van der Waals surface area contributed by atoms with Crippen molar-refractivity contribution in [2.75, 3.05) is 23.8 Å². The molecule has 204 valence electrons. The van der Waals surface area contributed by atoms with E-state index in [9.17, 15) is 27.6 Å². The summed E-state index contributed by atoms with van der Waals surface area (Å²) in [5, 5.41) is 10.9. The predicted octanol–water partition coefficient (Wildman–Crippen LogP) is 3.65. The number of ether oxygens (including phenoxy) is 1. The van der Waals surface area contributed by atoms with Crippen LogP contribution < -0.4 is 16.0 Å². The number of nitrogens with zero attached hydrogens (tertiary/aromatic N) is 2. The van der Waals surface area contributed by atoms with Gasteiger partial charge in [-0.15, -0.1) is 0 Å². The molecule has 2 fully saturated rings. The lowest BCUT2D eigenvalue weighted by atomic mass is 9.76. The maximum atomic E-state index is 13.4. The van der Waals surface area contributed by atoms with Gasteiger partial charge >= 0.3 is 6.18 Å². The first-order valence-electron chi connectivity index (χ1n) is 12.6. The molecule has 1 saturated carbocycles. The summed E-state index contributed by atoms with van der Waals surface area (Å²) in [6, 6.07) is 0.441. The number of carbonyl (C=O) groups is 3.